The third kappa shape index (κ3) is 44.9. The molecule has 770 valence electrons. The molecule has 0 aliphatic carbocycles. The van der Waals surface area contributed by atoms with E-state index >= 15 is 0 Å². The van der Waals surface area contributed by atoms with Gasteiger partial charge < -0.3 is 99.5 Å². The summed E-state index contributed by atoms with van der Waals surface area (Å²) in [5.74, 6) is 2.76. The molecule has 7 atom stereocenters. The number of phosphoric acid groups is 1. The van der Waals surface area contributed by atoms with Crippen molar-refractivity contribution in [2.75, 3.05) is 179 Å². The number of phosphoric ester groups is 1. The number of hydrogen-bond donors (Lipinski definition) is 3. The number of fused-ring (bicyclic) bond motifs is 1. The lowest BCUT2D eigenvalue weighted by Crippen LogP contribution is -2.53. The minimum absolute atomic E-state index is 0.00449. The van der Waals surface area contributed by atoms with Gasteiger partial charge in [-0.15, -0.1) is 0 Å². The van der Waals surface area contributed by atoms with Gasteiger partial charge in [0.2, 0.25) is 5.91 Å². The van der Waals surface area contributed by atoms with Crippen molar-refractivity contribution < 1.29 is 117 Å². The molecule has 2 aliphatic rings. The summed E-state index contributed by atoms with van der Waals surface area (Å²) in [6.07, 6.45) is 8.19. The summed E-state index contributed by atoms with van der Waals surface area (Å²) in [4.78, 5) is 40.7. The van der Waals surface area contributed by atoms with E-state index < -0.39 is 49.1 Å². The zero-order chi connectivity index (χ0) is 99.9. The number of hydrogen-bond acceptors (Lipinski definition) is 29. The van der Waals surface area contributed by atoms with Crippen molar-refractivity contribution in [3.8, 4) is 17.2 Å². The standard InChI is InChI=1S/C51H76N3O13PS.C32H44NO4PS.C19H39O8PS/c1-7-60-29-30-61-31-32-62-33-34-63-35-36-64-37-38-66-68(57,67-50(2,3)4)65-28-13-9-12-27-52-47(55)18-14-17-46-48-45(39-69-46)54(49(56)53-48)51(40-15-10-8-11-16-40,41-19-23-43(58-5)24-20-41)42-21-25-44(59-6)26-22-42;1-26(2)36-38(39,37-31(3,4)5)35-25-15-9-14-24-33-32(27-16-10-7-11-17-27,28-18-12-8-13-19-28)29-20-22-30(34-6)23-21-29;1-7-10-22-11-12-23-13-14-24-15-16-25-28(29,27-19(3,4)5)26-17(2)8-9-18(20)21-6/h8,10-11,15-16,19-26,45-46,48H,7,9,12-14,17-18,27-39H2,1-6H3,(H,52,55)(H,53,56);7-8,10-13,16-23,26,33H,9,14-15,24-25H2,1-6H3;17H,7-16H2,1-6H3. The first-order valence-electron chi connectivity index (χ1n) is 48.0. The SMILES string of the molecule is CCCOCCOCCOCCOP(=S)(OC(C)CCC(=O)OC)OC(C)(C)C.CCOCCOCCOCCOCCOCCOP(=O)(OCCCCCNC(=O)CCCC1SCC2C1NC(=O)N2C(c1ccccc1)(c1ccc(OC)cc1)c1ccc(OC)cc1)OC(C)(C)C.COc1ccc(C(NCCCCCOP(=S)(OC(C)C)OC(C)(C)C)(c2ccccc2)c2ccccc2)cc1. The van der Waals surface area contributed by atoms with Gasteiger partial charge in [-0.25, -0.2) is 9.36 Å². The fraction of sp³-hybridized carbons (Fsp3) is 0.618. The fourth-order valence-corrected chi connectivity index (χ4v) is 24.2. The second kappa shape index (κ2) is 64.7. The van der Waals surface area contributed by atoms with Crippen LogP contribution in [-0.4, -0.2) is 249 Å². The molecule has 8 rings (SSSR count). The molecule has 137 heavy (non-hydrogen) atoms. The average Bonchev–Trinajstić information content (AvgIpc) is 1.60. The lowest BCUT2D eigenvalue weighted by molar-refractivity contribution is -0.141. The van der Waals surface area contributed by atoms with Crippen LogP contribution in [0.4, 0.5) is 4.79 Å². The Hall–Kier alpha value is -5.91. The van der Waals surface area contributed by atoms with Gasteiger partial charge in [0.15, 0.2) is 0 Å². The summed E-state index contributed by atoms with van der Waals surface area (Å²) in [7, 11) is 2.50. The van der Waals surface area contributed by atoms with Crippen LogP contribution in [0.3, 0.4) is 0 Å². The van der Waals surface area contributed by atoms with E-state index in [9.17, 15) is 18.9 Å². The van der Waals surface area contributed by atoms with Crippen LogP contribution < -0.4 is 30.2 Å². The van der Waals surface area contributed by atoms with E-state index in [0.29, 0.717) is 131 Å². The number of urea groups is 1. The van der Waals surface area contributed by atoms with E-state index in [4.69, 9.17) is 116 Å². The van der Waals surface area contributed by atoms with Gasteiger partial charge in [-0.2, -0.15) is 11.8 Å². The van der Waals surface area contributed by atoms with Gasteiger partial charge in [-0.05, 0) is 254 Å². The maximum atomic E-state index is 14.4. The normalized spacial score (nSPS) is 16.2. The molecule has 35 heteroatoms. The number of carbonyl (C=O) groups excluding carboxylic acids is 3. The fourth-order valence-electron chi connectivity index (χ4n) is 15.0. The van der Waals surface area contributed by atoms with Crippen molar-refractivity contribution in [2.24, 2.45) is 0 Å². The number of benzene rings is 6. The summed E-state index contributed by atoms with van der Waals surface area (Å²) in [6.45, 7) is 31.1. The second-order valence-electron chi connectivity index (χ2n) is 35.8. The van der Waals surface area contributed by atoms with Gasteiger partial charge >= 0.3 is 33.3 Å². The van der Waals surface area contributed by atoms with Crippen molar-refractivity contribution in [1.29, 1.82) is 0 Å². The van der Waals surface area contributed by atoms with Crippen LogP contribution >= 0.6 is 33.0 Å². The Morgan fingerprint density at radius 2 is 0.839 bits per heavy atom. The zero-order valence-electron chi connectivity index (χ0n) is 84.4. The summed E-state index contributed by atoms with van der Waals surface area (Å²) < 4.78 is 131. The molecule has 0 saturated carbocycles. The third-order valence-corrected chi connectivity index (χ3v) is 29.6. The van der Waals surface area contributed by atoms with Crippen molar-refractivity contribution in [1.82, 2.24) is 20.9 Å². The first kappa shape index (κ1) is 120. The molecular formula is C102H159N4O25P3S3. The Labute approximate surface area is 832 Å². The van der Waals surface area contributed by atoms with Gasteiger partial charge in [-0.3, -0.25) is 28.5 Å². The Balaban J connectivity index is 0.000000355. The smallest absolute Gasteiger partial charge is 0.475 e. The Morgan fingerprint density at radius 3 is 1.28 bits per heavy atom. The first-order chi connectivity index (χ1) is 65.6. The maximum Gasteiger partial charge on any atom is 0.475 e. The summed E-state index contributed by atoms with van der Waals surface area (Å²) in [5, 5.41) is 10.5. The predicted octanol–water partition coefficient (Wildman–Crippen LogP) is 20.5. The predicted molar refractivity (Wildman–Crippen MR) is 548 cm³/mol. The molecule has 6 aromatic rings. The van der Waals surface area contributed by atoms with E-state index in [2.05, 4.69) is 113 Å². The number of unbranched alkanes of at least 4 members (excludes halogenated alkanes) is 4. The lowest BCUT2D eigenvalue weighted by atomic mass is 9.74. The van der Waals surface area contributed by atoms with Crippen LogP contribution in [0, 0.1) is 0 Å². The molecule has 0 spiro atoms. The van der Waals surface area contributed by atoms with Gasteiger partial charge in [0.05, 0.1) is 194 Å². The monoisotopic (exact) mass is 2030 g/mol. The first-order valence-corrected chi connectivity index (χ1v) is 55.6. The quantitative estimate of drug-likeness (QED) is 0.0105. The minimum Gasteiger partial charge on any atom is -0.497 e. The van der Waals surface area contributed by atoms with Crippen LogP contribution in [0.2, 0.25) is 0 Å². The summed E-state index contributed by atoms with van der Waals surface area (Å²) >= 11 is 13.1. The number of nitrogens with zero attached hydrogens (tertiary/aromatic N) is 1. The van der Waals surface area contributed by atoms with Crippen LogP contribution in [0.25, 0.3) is 0 Å². The van der Waals surface area contributed by atoms with E-state index in [1.807, 2.05) is 165 Å². The van der Waals surface area contributed by atoms with Crippen LogP contribution in [-0.2, 0) is 132 Å². The molecule has 2 heterocycles. The molecule has 3 N–H and O–H groups in total. The number of ether oxygens (including phenoxy) is 12. The van der Waals surface area contributed by atoms with Gasteiger partial charge in [-0.1, -0.05) is 134 Å². The number of rotatable bonds is 68. The topological polar surface area (TPSA) is 301 Å². The van der Waals surface area contributed by atoms with E-state index in [1.165, 1.54) is 18.2 Å². The van der Waals surface area contributed by atoms with Gasteiger partial charge in [0, 0.05) is 43.6 Å². The van der Waals surface area contributed by atoms with E-state index in [1.54, 1.807) is 42.1 Å². The molecule has 0 radical (unpaired) electrons. The van der Waals surface area contributed by atoms with E-state index in [0.717, 1.165) is 103 Å². The second-order valence-corrected chi connectivity index (χ2v) is 44.4. The minimum atomic E-state index is -3.84. The highest BCUT2D eigenvalue weighted by Crippen LogP contribution is 2.57. The average molecular weight is 2030 g/mol. The van der Waals surface area contributed by atoms with Crippen molar-refractivity contribution >= 4 is 74.5 Å². The molecule has 29 nitrogen and oxygen atoms in total. The van der Waals surface area contributed by atoms with Crippen molar-refractivity contribution in [3.63, 3.8) is 0 Å². The largest absolute Gasteiger partial charge is 0.497 e. The molecule has 6 aromatic carbocycles. The molecule has 2 aliphatic heterocycles. The molecule has 2 fully saturated rings. The Morgan fingerprint density at radius 1 is 0.453 bits per heavy atom. The number of esters is 1. The summed E-state index contributed by atoms with van der Waals surface area (Å²) in [5.41, 5.74) is 3.25. The highest BCUT2D eigenvalue weighted by molar-refractivity contribution is 8.08. The maximum absolute atomic E-state index is 14.4. The molecule has 7 unspecified atom stereocenters. The van der Waals surface area contributed by atoms with Gasteiger partial charge in [0.25, 0.3) is 0 Å². The lowest BCUT2D eigenvalue weighted by Gasteiger charge is -2.45. The Kier molecular flexibility index (Phi) is 56.5. The highest BCUT2D eigenvalue weighted by atomic mass is 32.5. The van der Waals surface area contributed by atoms with Crippen molar-refractivity contribution in [2.45, 2.75) is 231 Å². The Bertz CT molecular complexity index is 4330. The molecule has 2 saturated heterocycles. The molecule has 0 aromatic heterocycles. The molecule has 0 bridgehead atoms. The highest BCUT2D eigenvalue weighted by Gasteiger charge is 2.57. The van der Waals surface area contributed by atoms with Gasteiger partial charge in [0.1, 0.15) is 22.8 Å². The molecule has 3 amide bonds. The number of amides is 3. The van der Waals surface area contributed by atoms with Crippen LogP contribution in [0.5, 0.6) is 17.2 Å². The van der Waals surface area contributed by atoms with E-state index in [-0.39, 0.29) is 80.3 Å². The zero-order valence-corrected chi connectivity index (χ0v) is 89.6. The number of carbonyl (C=O) groups is 3. The molecular weight excluding hydrogens is 1870 g/mol. The number of methoxy groups -OCH3 is 4. The number of nitrogens with one attached hydrogen (secondary N) is 3. The summed E-state index contributed by atoms with van der Waals surface area (Å²) in [6, 6.07) is 55.4. The van der Waals surface area contributed by atoms with Crippen molar-refractivity contribution in [3.05, 3.63) is 197 Å². The third-order valence-electron chi connectivity index (χ3n) is 20.9. The number of thioether (sulfide) groups is 1. The van der Waals surface area contributed by atoms with Crippen LogP contribution in [0.1, 0.15) is 207 Å². The van der Waals surface area contributed by atoms with Crippen LogP contribution in [0.15, 0.2) is 164 Å².